The van der Waals surface area contributed by atoms with Crippen LogP contribution in [-0.2, 0) is 10.0 Å². The van der Waals surface area contributed by atoms with Crippen LogP contribution in [0.15, 0.2) is 18.2 Å². The second-order valence-corrected chi connectivity index (χ2v) is 5.44. The van der Waals surface area contributed by atoms with Crippen molar-refractivity contribution in [2.75, 3.05) is 17.0 Å². The van der Waals surface area contributed by atoms with Gasteiger partial charge in [-0.2, -0.15) is 0 Å². The quantitative estimate of drug-likeness (QED) is 0.845. The van der Waals surface area contributed by atoms with Crippen LogP contribution in [0, 0.1) is 6.92 Å². The van der Waals surface area contributed by atoms with E-state index in [0.29, 0.717) is 10.7 Å². The summed E-state index contributed by atoms with van der Waals surface area (Å²) in [6.45, 7) is 1.96. The summed E-state index contributed by atoms with van der Waals surface area (Å²) in [6.07, 6.45) is 0. The molecule has 84 valence electrons. The fourth-order valence-corrected chi connectivity index (χ4v) is 2.34. The predicted octanol–water partition coefficient (Wildman–Crippen LogP) is 1.35. The Balaban J connectivity index is 2.90. The maximum atomic E-state index is 11.4. The maximum absolute atomic E-state index is 11.4. The van der Waals surface area contributed by atoms with Gasteiger partial charge in [-0.3, -0.25) is 4.72 Å². The molecule has 0 saturated carbocycles. The standard InChI is InChI=1S/C9H13ClN2O2S/c1-7-2-3-9(8(10)6-7)12-15(13,14)5-4-11/h2-3,6,12H,4-5,11H2,1H3. The van der Waals surface area contributed by atoms with Gasteiger partial charge in [-0.05, 0) is 24.6 Å². The molecule has 0 bridgehead atoms. The van der Waals surface area contributed by atoms with Crippen molar-refractivity contribution < 1.29 is 8.42 Å². The van der Waals surface area contributed by atoms with Crippen LogP contribution < -0.4 is 10.5 Å². The Labute approximate surface area is 94.5 Å². The summed E-state index contributed by atoms with van der Waals surface area (Å²) in [7, 11) is -3.38. The van der Waals surface area contributed by atoms with E-state index in [1.54, 1.807) is 18.2 Å². The highest BCUT2D eigenvalue weighted by Gasteiger charge is 2.10. The molecular weight excluding hydrogens is 236 g/mol. The summed E-state index contributed by atoms with van der Waals surface area (Å²) < 4.78 is 25.1. The van der Waals surface area contributed by atoms with Gasteiger partial charge in [0.1, 0.15) is 0 Å². The van der Waals surface area contributed by atoms with Crippen molar-refractivity contribution in [3.8, 4) is 0 Å². The van der Waals surface area contributed by atoms with Gasteiger partial charge in [-0.1, -0.05) is 17.7 Å². The Kier molecular flexibility index (Phi) is 3.96. The number of benzene rings is 1. The molecule has 1 aromatic rings. The molecule has 0 saturated heterocycles. The van der Waals surface area contributed by atoms with Gasteiger partial charge in [-0.15, -0.1) is 0 Å². The topological polar surface area (TPSA) is 72.2 Å². The van der Waals surface area contributed by atoms with Crippen LogP contribution >= 0.6 is 11.6 Å². The Bertz CT molecular complexity index is 445. The zero-order valence-corrected chi connectivity index (χ0v) is 9.90. The lowest BCUT2D eigenvalue weighted by Gasteiger charge is -2.08. The highest BCUT2D eigenvalue weighted by atomic mass is 35.5. The Morgan fingerprint density at radius 1 is 1.47 bits per heavy atom. The third-order valence-electron chi connectivity index (χ3n) is 1.78. The summed E-state index contributed by atoms with van der Waals surface area (Å²) in [5.41, 5.74) is 6.54. The average molecular weight is 249 g/mol. The molecule has 0 radical (unpaired) electrons. The molecular formula is C9H13ClN2O2S. The van der Waals surface area contributed by atoms with Crippen molar-refractivity contribution in [2.45, 2.75) is 6.92 Å². The van der Waals surface area contributed by atoms with E-state index in [4.69, 9.17) is 17.3 Å². The zero-order valence-electron chi connectivity index (χ0n) is 8.33. The summed E-state index contributed by atoms with van der Waals surface area (Å²) >= 11 is 5.88. The van der Waals surface area contributed by atoms with Crippen LogP contribution in [0.25, 0.3) is 0 Å². The smallest absolute Gasteiger partial charge is 0.234 e. The molecule has 15 heavy (non-hydrogen) atoms. The molecule has 0 unspecified atom stereocenters. The lowest BCUT2D eigenvalue weighted by Crippen LogP contribution is -2.22. The molecule has 1 aromatic carbocycles. The first-order chi connectivity index (χ1) is 6.94. The Morgan fingerprint density at radius 2 is 2.13 bits per heavy atom. The fourth-order valence-electron chi connectivity index (χ4n) is 1.08. The monoisotopic (exact) mass is 248 g/mol. The molecule has 0 atom stereocenters. The van der Waals surface area contributed by atoms with Crippen LogP contribution in [-0.4, -0.2) is 20.7 Å². The number of rotatable bonds is 4. The molecule has 3 N–H and O–H groups in total. The molecule has 0 aromatic heterocycles. The van der Waals surface area contributed by atoms with Gasteiger partial charge < -0.3 is 5.73 Å². The highest BCUT2D eigenvalue weighted by molar-refractivity contribution is 7.92. The number of halogens is 1. The Morgan fingerprint density at radius 3 is 2.67 bits per heavy atom. The molecule has 6 heteroatoms. The van der Waals surface area contributed by atoms with E-state index in [1.165, 1.54) is 0 Å². The lowest BCUT2D eigenvalue weighted by molar-refractivity contribution is 0.601. The van der Waals surface area contributed by atoms with E-state index in [1.807, 2.05) is 6.92 Å². The number of nitrogens with two attached hydrogens (primary N) is 1. The number of hydrogen-bond donors (Lipinski definition) is 2. The largest absolute Gasteiger partial charge is 0.329 e. The van der Waals surface area contributed by atoms with Crippen LogP contribution in [0.3, 0.4) is 0 Å². The van der Waals surface area contributed by atoms with Crippen molar-refractivity contribution >= 4 is 27.3 Å². The molecule has 0 aliphatic heterocycles. The van der Waals surface area contributed by atoms with Crippen LogP contribution in [0.2, 0.25) is 5.02 Å². The Hall–Kier alpha value is -0.780. The minimum atomic E-state index is -3.38. The summed E-state index contributed by atoms with van der Waals surface area (Å²) in [5.74, 6) is -0.114. The number of nitrogens with one attached hydrogen (secondary N) is 1. The van der Waals surface area contributed by atoms with Crippen LogP contribution in [0.4, 0.5) is 5.69 Å². The minimum absolute atomic E-state index is 0.0822. The van der Waals surface area contributed by atoms with Crippen molar-refractivity contribution in [3.63, 3.8) is 0 Å². The second kappa shape index (κ2) is 4.83. The van der Waals surface area contributed by atoms with E-state index >= 15 is 0 Å². The third kappa shape index (κ3) is 3.70. The maximum Gasteiger partial charge on any atom is 0.234 e. The average Bonchev–Trinajstić information content (AvgIpc) is 2.09. The van der Waals surface area contributed by atoms with Gasteiger partial charge in [0.25, 0.3) is 0 Å². The molecule has 4 nitrogen and oxygen atoms in total. The van der Waals surface area contributed by atoms with Gasteiger partial charge in [0.2, 0.25) is 10.0 Å². The van der Waals surface area contributed by atoms with Crippen LogP contribution in [0.1, 0.15) is 5.56 Å². The number of sulfonamides is 1. The van der Waals surface area contributed by atoms with E-state index in [9.17, 15) is 8.42 Å². The van der Waals surface area contributed by atoms with Gasteiger partial charge in [0, 0.05) is 6.54 Å². The predicted molar refractivity (Wildman–Crippen MR) is 62.7 cm³/mol. The van der Waals surface area contributed by atoms with Gasteiger partial charge in [0.15, 0.2) is 0 Å². The van der Waals surface area contributed by atoms with E-state index < -0.39 is 10.0 Å². The number of anilines is 1. The van der Waals surface area contributed by atoms with Gasteiger partial charge >= 0.3 is 0 Å². The first kappa shape index (κ1) is 12.3. The summed E-state index contributed by atoms with van der Waals surface area (Å²) in [4.78, 5) is 0. The summed E-state index contributed by atoms with van der Waals surface area (Å²) in [5, 5.41) is 0.385. The van der Waals surface area contributed by atoms with Crippen molar-refractivity contribution in [3.05, 3.63) is 28.8 Å². The van der Waals surface area contributed by atoms with Crippen molar-refractivity contribution in [1.29, 1.82) is 0 Å². The highest BCUT2D eigenvalue weighted by Crippen LogP contribution is 2.23. The normalized spacial score (nSPS) is 11.4. The first-order valence-electron chi connectivity index (χ1n) is 4.41. The molecule has 0 spiro atoms. The summed E-state index contributed by atoms with van der Waals surface area (Å²) in [6, 6.07) is 5.11. The van der Waals surface area contributed by atoms with Crippen LogP contribution in [0.5, 0.6) is 0 Å². The third-order valence-corrected chi connectivity index (χ3v) is 3.39. The molecule has 1 rings (SSSR count). The molecule has 0 aliphatic carbocycles. The van der Waals surface area contributed by atoms with Gasteiger partial charge in [0.05, 0.1) is 16.5 Å². The molecule has 0 aliphatic rings. The van der Waals surface area contributed by atoms with E-state index in [2.05, 4.69) is 4.72 Å². The lowest BCUT2D eigenvalue weighted by atomic mass is 10.2. The number of aryl methyl sites for hydroxylation is 1. The van der Waals surface area contributed by atoms with Crippen molar-refractivity contribution in [2.24, 2.45) is 5.73 Å². The first-order valence-corrected chi connectivity index (χ1v) is 6.44. The molecule has 0 fully saturated rings. The molecule has 0 heterocycles. The minimum Gasteiger partial charge on any atom is -0.329 e. The SMILES string of the molecule is Cc1ccc(NS(=O)(=O)CCN)c(Cl)c1. The molecule has 0 amide bonds. The second-order valence-electron chi connectivity index (χ2n) is 3.19. The van der Waals surface area contributed by atoms with E-state index in [-0.39, 0.29) is 12.3 Å². The van der Waals surface area contributed by atoms with Crippen molar-refractivity contribution in [1.82, 2.24) is 0 Å². The fraction of sp³-hybridized carbons (Fsp3) is 0.333. The zero-order chi connectivity index (χ0) is 11.5. The number of hydrogen-bond acceptors (Lipinski definition) is 3. The van der Waals surface area contributed by atoms with E-state index in [0.717, 1.165) is 5.56 Å². The van der Waals surface area contributed by atoms with Gasteiger partial charge in [-0.25, -0.2) is 8.42 Å².